The first kappa shape index (κ1) is 31.0. The molecule has 1 aliphatic rings. The number of rotatable bonds is 9. The van der Waals surface area contributed by atoms with E-state index in [1.165, 1.54) is 31.2 Å². The molecule has 0 aliphatic carbocycles. The number of non-ortho nitro benzene ring substituents is 1. The van der Waals surface area contributed by atoms with Crippen LogP contribution in [0.15, 0.2) is 53.6 Å². The molecule has 14 heteroatoms. The number of nitrogens with zero attached hydrogens (tertiary/aromatic N) is 7. The van der Waals surface area contributed by atoms with Crippen LogP contribution >= 0.6 is 0 Å². The molecule has 1 aromatic carbocycles. The van der Waals surface area contributed by atoms with Crippen molar-refractivity contribution in [3.8, 4) is 5.75 Å². The summed E-state index contributed by atoms with van der Waals surface area (Å²) in [5.41, 5.74) is 1.66. The van der Waals surface area contributed by atoms with Gasteiger partial charge in [-0.3, -0.25) is 24.3 Å². The van der Waals surface area contributed by atoms with Crippen molar-refractivity contribution in [2.45, 2.75) is 46.6 Å². The Balaban J connectivity index is 1.26. The summed E-state index contributed by atoms with van der Waals surface area (Å²) in [6.07, 6.45) is 4.25. The Kier molecular flexibility index (Phi) is 9.02. The number of nitrogens with one attached hydrogen (secondary N) is 1. The number of aryl methyl sites for hydroxylation is 1. The smallest absolute Gasteiger partial charge is 0.410 e. The Morgan fingerprint density at radius 3 is 2.29 bits per heavy atom. The summed E-state index contributed by atoms with van der Waals surface area (Å²) in [5, 5.41) is 14.6. The summed E-state index contributed by atoms with van der Waals surface area (Å²) in [6.45, 7) is 9.13. The molecule has 1 saturated heterocycles. The van der Waals surface area contributed by atoms with E-state index >= 15 is 0 Å². The zero-order chi connectivity index (χ0) is 32.2. The molecule has 45 heavy (non-hydrogen) atoms. The largest absolute Gasteiger partial charge is 0.415 e. The molecule has 0 radical (unpaired) electrons. The Morgan fingerprint density at radius 2 is 1.71 bits per heavy atom. The predicted octanol–water partition coefficient (Wildman–Crippen LogP) is 5.03. The average molecular weight is 615 g/mol. The van der Waals surface area contributed by atoms with Gasteiger partial charge in [0.2, 0.25) is 5.95 Å². The number of nitro benzene ring substituents is 1. The number of piperazine rings is 1. The normalized spacial score (nSPS) is 13.3. The number of fused-ring (bicyclic) bond motifs is 1. The minimum Gasteiger partial charge on any atom is -0.410 e. The number of amides is 1. The molecule has 1 fully saturated rings. The third-order valence-corrected chi connectivity index (χ3v) is 8.01. The fourth-order valence-electron chi connectivity index (χ4n) is 5.51. The highest BCUT2D eigenvalue weighted by molar-refractivity contribution is 5.99. The van der Waals surface area contributed by atoms with E-state index in [1.807, 2.05) is 19.9 Å². The maximum absolute atomic E-state index is 13.4. The van der Waals surface area contributed by atoms with Crippen molar-refractivity contribution in [3.05, 3.63) is 80.4 Å². The van der Waals surface area contributed by atoms with Gasteiger partial charge in [0.05, 0.1) is 22.4 Å². The van der Waals surface area contributed by atoms with E-state index in [1.54, 1.807) is 34.9 Å². The molecule has 1 N–H and O–H groups in total. The van der Waals surface area contributed by atoms with E-state index in [9.17, 15) is 24.5 Å². The lowest BCUT2D eigenvalue weighted by atomic mass is 10.0. The van der Waals surface area contributed by atoms with E-state index in [2.05, 4.69) is 25.2 Å². The van der Waals surface area contributed by atoms with E-state index < -0.39 is 11.0 Å². The Bertz CT molecular complexity index is 1790. The van der Waals surface area contributed by atoms with Crippen LogP contribution < -0.4 is 20.5 Å². The summed E-state index contributed by atoms with van der Waals surface area (Å²) in [7, 11) is 0. The van der Waals surface area contributed by atoms with Crippen molar-refractivity contribution in [1.29, 1.82) is 0 Å². The molecule has 0 spiro atoms. The number of benzene rings is 1. The van der Waals surface area contributed by atoms with Gasteiger partial charge in [0, 0.05) is 55.9 Å². The number of anilines is 3. The number of Topliss-reactive ketones (excluding diaryl/α,β-unsaturated/α-hetero) is 1. The molecule has 0 atom stereocenters. The van der Waals surface area contributed by atoms with Crippen LogP contribution in [0.1, 0.15) is 55.6 Å². The van der Waals surface area contributed by atoms with Gasteiger partial charge in [-0.2, -0.15) is 4.98 Å². The van der Waals surface area contributed by atoms with Crippen LogP contribution in [-0.2, 0) is 0 Å². The second kappa shape index (κ2) is 13.1. The Hall–Kier alpha value is -5.40. The zero-order valence-electron chi connectivity index (χ0n) is 25.5. The number of aromatic nitrogens is 4. The summed E-state index contributed by atoms with van der Waals surface area (Å²) in [4.78, 5) is 66.0. The first-order chi connectivity index (χ1) is 21.6. The van der Waals surface area contributed by atoms with Gasteiger partial charge in [0.25, 0.3) is 11.2 Å². The molecule has 1 amide bonds. The van der Waals surface area contributed by atoms with Gasteiger partial charge in [-0.1, -0.05) is 13.8 Å². The van der Waals surface area contributed by atoms with Crippen molar-refractivity contribution in [1.82, 2.24) is 24.4 Å². The van der Waals surface area contributed by atoms with Crippen molar-refractivity contribution >= 4 is 46.1 Å². The van der Waals surface area contributed by atoms with E-state index in [0.29, 0.717) is 61.4 Å². The third-order valence-electron chi connectivity index (χ3n) is 8.01. The van der Waals surface area contributed by atoms with Crippen molar-refractivity contribution < 1.29 is 19.2 Å². The van der Waals surface area contributed by atoms with E-state index in [0.717, 1.165) is 5.69 Å². The van der Waals surface area contributed by atoms with Crippen LogP contribution in [0.3, 0.4) is 0 Å². The first-order valence-corrected chi connectivity index (χ1v) is 14.7. The van der Waals surface area contributed by atoms with Crippen LogP contribution in [-0.4, -0.2) is 67.4 Å². The topological polar surface area (TPSA) is 166 Å². The molecule has 0 saturated carbocycles. The Morgan fingerprint density at radius 1 is 1.02 bits per heavy atom. The number of hydrogen-bond donors (Lipinski definition) is 1. The lowest BCUT2D eigenvalue weighted by Gasteiger charge is -2.35. The summed E-state index contributed by atoms with van der Waals surface area (Å²) in [6, 6.07) is 8.96. The van der Waals surface area contributed by atoms with Crippen molar-refractivity contribution in [3.63, 3.8) is 0 Å². The molecule has 14 nitrogen and oxygen atoms in total. The van der Waals surface area contributed by atoms with Crippen LogP contribution in [0.2, 0.25) is 0 Å². The number of carbonyl (C=O) groups is 2. The lowest BCUT2D eigenvalue weighted by molar-refractivity contribution is -0.384. The van der Waals surface area contributed by atoms with Gasteiger partial charge in [-0.15, -0.1) is 0 Å². The fraction of sp³-hybridized carbons (Fsp3) is 0.355. The molecular weight excluding hydrogens is 580 g/mol. The van der Waals surface area contributed by atoms with Crippen LogP contribution in [0, 0.1) is 17.0 Å². The number of nitro groups is 1. The second-order valence-electron chi connectivity index (χ2n) is 10.8. The monoisotopic (exact) mass is 614 g/mol. The average Bonchev–Trinajstić information content (AvgIpc) is 3.03. The molecule has 1 aliphatic heterocycles. The van der Waals surface area contributed by atoms with Gasteiger partial charge in [-0.25, -0.2) is 14.8 Å². The molecule has 234 valence electrons. The van der Waals surface area contributed by atoms with Crippen LogP contribution in [0.25, 0.3) is 11.0 Å². The molecular formula is C31H34N8O6. The Labute approximate surface area is 258 Å². The van der Waals surface area contributed by atoms with Crippen molar-refractivity contribution in [2.24, 2.45) is 0 Å². The SMILES string of the molecule is CCC(CC)n1c(=O)c(C(C)=O)c(C)c2cnc(Nc3ccc(N4CCN(C(=O)Oc5ccc([N+](=O)[O-])cc5)CC4)cn3)nc21. The molecule has 4 heterocycles. The summed E-state index contributed by atoms with van der Waals surface area (Å²) >= 11 is 0. The van der Waals surface area contributed by atoms with E-state index in [4.69, 9.17) is 4.74 Å². The van der Waals surface area contributed by atoms with Gasteiger partial charge < -0.3 is 19.9 Å². The fourth-order valence-corrected chi connectivity index (χ4v) is 5.51. The zero-order valence-corrected chi connectivity index (χ0v) is 25.5. The van der Waals surface area contributed by atoms with Gasteiger partial charge >= 0.3 is 6.09 Å². The summed E-state index contributed by atoms with van der Waals surface area (Å²) < 4.78 is 6.99. The van der Waals surface area contributed by atoms with Gasteiger partial charge in [-0.05, 0) is 56.5 Å². The van der Waals surface area contributed by atoms with Gasteiger partial charge in [0.1, 0.15) is 17.2 Å². The molecule has 0 bridgehead atoms. The predicted molar refractivity (Wildman–Crippen MR) is 169 cm³/mol. The quantitative estimate of drug-likeness (QED) is 0.153. The standard InChI is InChI=1S/C31H34N8O6/c1-5-21(6-2)38-28-25(19(3)27(20(4)40)29(38)41)18-33-30(35-28)34-26-12-9-23(17-32-26)36-13-15-37(16-14-36)31(42)45-24-10-7-22(8-11-24)39(43)44/h7-12,17-18,21H,5-6,13-16H2,1-4H3,(H,32,33,34,35). The molecule has 5 rings (SSSR count). The second-order valence-corrected chi connectivity index (χ2v) is 10.8. The highest BCUT2D eigenvalue weighted by Crippen LogP contribution is 2.26. The number of carbonyl (C=O) groups excluding carboxylic acids is 2. The highest BCUT2D eigenvalue weighted by Gasteiger charge is 2.24. The number of hydrogen-bond acceptors (Lipinski definition) is 11. The summed E-state index contributed by atoms with van der Waals surface area (Å²) in [5.74, 6) is 0.744. The molecule has 4 aromatic rings. The maximum atomic E-state index is 13.4. The van der Waals surface area contributed by atoms with Crippen molar-refractivity contribution in [2.75, 3.05) is 36.4 Å². The third kappa shape index (κ3) is 6.44. The number of ketones is 1. The molecule has 0 unspecified atom stereocenters. The highest BCUT2D eigenvalue weighted by atomic mass is 16.6. The van der Waals surface area contributed by atoms with Crippen LogP contribution in [0.4, 0.5) is 27.9 Å². The van der Waals surface area contributed by atoms with Gasteiger partial charge in [0.15, 0.2) is 5.78 Å². The minimum absolute atomic E-state index is 0.0783. The minimum atomic E-state index is -0.515. The lowest BCUT2D eigenvalue weighted by Crippen LogP contribution is -2.49. The molecule has 3 aromatic heterocycles. The number of pyridine rings is 2. The maximum Gasteiger partial charge on any atom is 0.415 e. The van der Waals surface area contributed by atoms with E-state index in [-0.39, 0.29) is 40.3 Å². The number of ether oxygens (including phenoxy) is 1. The first-order valence-electron chi connectivity index (χ1n) is 14.7. The van der Waals surface area contributed by atoms with Crippen LogP contribution in [0.5, 0.6) is 5.75 Å².